The number of hydrogen-bond donors (Lipinski definition) is 1. The van der Waals surface area contributed by atoms with Crippen molar-refractivity contribution in [2.24, 2.45) is 5.92 Å². The van der Waals surface area contributed by atoms with Crippen LogP contribution in [0.2, 0.25) is 0 Å². The van der Waals surface area contributed by atoms with E-state index in [1.54, 1.807) is 13.0 Å². The van der Waals surface area contributed by atoms with Crippen LogP contribution in [0, 0.1) is 12.8 Å². The summed E-state index contributed by atoms with van der Waals surface area (Å²) in [6, 6.07) is 5.85. The van der Waals surface area contributed by atoms with Crippen molar-refractivity contribution < 1.29 is 9.21 Å². The molecular formula is C22H27N5O3. The molecule has 8 heteroatoms. The van der Waals surface area contributed by atoms with Crippen LogP contribution in [-0.2, 0) is 13.1 Å². The molecule has 2 saturated carbocycles. The van der Waals surface area contributed by atoms with Crippen LogP contribution in [0.25, 0.3) is 11.0 Å². The first-order valence-electron chi connectivity index (χ1n) is 10.9. The first-order chi connectivity index (χ1) is 14.6. The molecule has 3 aromatic rings. The van der Waals surface area contributed by atoms with Crippen molar-refractivity contribution in [1.82, 2.24) is 24.6 Å². The fourth-order valence-electron chi connectivity index (χ4n) is 4.51. The molecule has 0 atom stereocenters. The van der Waals surface area contributed by atoms with Crippen molar-refractivity contribution in [1.29, 1.82) is 0 Å². The number of carbonyl (C=O) groups excluding carboxylic acids is 1. The van der Waals surface area contributed by atoms with E-state index in [0.29, 0.717) is 23.3 Å². The van der Waals surface area contributed by atoms with E-state index in [9.17, 15) is 9.59 Å². The molecule has 0 radical (unpaired) electrons. The summed E-state index contributed by atoms with van der Waals surface area (Å²) < 4.78 is 9.18. The molecule has 30 heavy (non-hydrogen) atoms. The Balaban J connectivity index is 1.47. The lowest BCUT2D eigenvalue weighted by molar-refractivity contribution is 0.0947. The number of rotatable bonds is 6. The Kier molecular flexibility index (Phi) is 4.92. The molecule has 0 aliphatic heterocycles. The lowest BCUT2D eigenvalue weighted by atomic mass is 9.95. The van der Waals surface area contributed by atoms with Crippen molar-refractivity contribution in [3.05, 3.63) is 46.0 Å². The number of fused-ring (bicyclic) bond motifs is 1. The van der Waals surface area contributed by atoms with Crippen molar-refractivity contribution in [3.63, 3.8) is 0 Å². The number of aromatic nitrogens is 4. The van der Waals surface area contributed by atoms with Crippen molar-refractivity contribution in [3.8, 4) is 0 Å². The average Bonchev–Trinajstić information content (AvgIpc) is 3.43. The Labute approximate surface area is 174 Å². The maximum Gasteiger partial charge on any atom is 0.329 e. The van der Waals surface area contributed by atoms with E-state index < -0.39 is 0 Å². The minimum atomic E-state index is -0.219. The van der Waals surface area contributed by atoms with E-state index in [-0.39, 0.29) is 24.2 Å². The van der Waals surface area contributed by atoms with Gasteiger partial charge in [-0.1, -0.05) is 19.3 Å². The van der Waals surface area contributed by atoms with Crippen LogP contribution in [0.4, 0.5) is 0 Å². The van der Waals surface area contributed by atoms with Crippen LogP contribution in [0.5, 0.6) is 0 Å². The van der Waals surface area contributed by atoms with Gasteiger partial charge in [0.1, 0.15) is 0 Å². The summed E-state index contributed by atoms with van der Waals surface area (Å²) in [6.45, 7) is 2.62. The zero-order valence-corrected chi connectivity index (χ0v) is 17.3. The third-order valence-electron chi connectivity index (χ3n) is 6.27. The van der Waals surface area contributed by atoms with Gasteiger partial charge in [0, 0.05) is 25.1 Å². The number of carbonyl (C=O) groups is 1. The minimum Gasteiger partial charge on any atom is -0.424 e. The smallest absolute Gasteiger partial charge is 0.329 e. The van der Waals surface area contributed by atoms with E-state index in [1.807, 2.05) is 21.3 Å². The van der Waals surface area contributed by atoms with E-state index in [2.05, 4.69) is 15.5 Å². The zero-order valence-electron chi connectivity index (χ0n) is 17.3. The van der Waals surface area contributed by atoms with E-state index in [4.69, 9.17) is 4.42 Å². The van der Waals surface area contributed by atoms with Crippen molar-refractivity contribution in [2.45, 2.75) is 71.0 Å². The molecule has 1 aromatic carbocycles. The van der Waals surface area contributed by atoms with Gasteiger partial charge in [-0.15, -0.1) is 10.2 Å². The van der Waals surface area contributed by atoms with Crippen LogP contribution in [0.1, 0.15) is 73.1 Å². The maximum absolute atomic E-state index is 13.3. The quantitative estimate of drug-likeness (QED) is 0.674. The van der Waals surface area contributed by atoms with Crippen LogP contribution in [-0.4, -0.2) is 25.2 Å². The Morgan fingerprint density at radius 2 is 1.93 bits per heavy atom. The summed E-state index contributed by atoms with van der Waals surface area (Å²) in [5.41, 5.74) is 2.40. The van der Waals surface area contributed by atoms with Gasteiger partial charge < -0.3 is 9.73 Å². The molecule has 1 N–H and O–H groups in total. The Morgan fingerprint density at radius 1 is 1.13 bits per heavy atom. The predicted molar refractivity (Wildman–Crippen MR) is 111 cm³/mol. The third kappa shape index (κ3) is 3.66. The highest BCUT2D eigenvalue weighted by molar-refractivity contribution is 5.97. The molecule has 5 rings (SSSR count). The lowest BCUT2D eigenvalue weighted by Gasteiger charge is -2.23. The van der Waals surface area contributed by atoms with E-state index in [0.717, 1.165) is 30.4 Å². The fourth-order valence-corrected chi connectivity index (χ4v) is 4.51. The molecule has 2 heterocycles. The summed E-state index contributed by atoms with van der Waals surface area (Å²) >= 11 is 0. The molecule has 2 aliphatic carbocycles. The van der Waals surface area contributed by atoms with Gasteiger partial charge >= 0.3 is 5.69 Å². The summed E-state index contributed by atoms with van der Waals surface area (Å²) in [6.07, 6.45) is 8.03. The lowest BCUT2D eigenvalue weighted by Crippen LogP contribution is -2.29. The van der Waals surface area contributed by atoms with E-state index >= 15 is 0 Å². The second-order valence-corrected chi connectivity index (χ2v) is 8.60. The molecule has 158 valence electrons. The van der Waals surface area contributed by atoms with Gasteiger partial charge in [0.25, 0.3) is 5.91 Å². The normalized spacial score (nSPS) is 17.5. The predicted octanol–water partition coefficient (Wildman–Crippen LogP) is 3.34. The number of aryl methyl sites for hydroxylation is 1. The monoisotopic (exact) mass is 409 g/mol. The molecule has 2 fully saturated rings. The molecule has 8 nitrogen and oxygen atoms in total. The maximum atomic E-state index is 13.3. The number of nitrogens with one attached hydrogen (secondary N) is 1. The average molecular weight is 409 g/mol. The molecule has 0 bridgehead atoms. The highest BCUT2D eigenvalue weighted by Crippen LogP contribution is 2.33. The molecule has 2 aliphatic rings. The molecule has 0 unspecified atom stereocenters. The van der Waals surface area contributed by atoms with Gasteiger partial charge in [0.05, 0.1) is 17.6 Å². The van der Waals surface area contributed by atoms with Gasteiger partial charge in [-0.05, 0) is 49.8 Å². The SMILES string of the molecule is Cc1nnc(CNC(=O)c2ccc3c(c2)n(CC2CC2)c(=O)n3C2CCCCC2)o1. The molecular weight excluding hydrogens is 382 g/mol. The first-order valence-corrected chi connectivity index (χ1v) is 10.9. The Bertz CT molecular complexity index is 1130. The van der Waals surface area contributed by atoms with Crippen LogP contribution in [0.3, 0.4) is 0 Å². The number of amides is 1. The van der Waals surface area contributed by atoms with Gasteiger partial charge in [-0.25, -0.2) is 4.79 Å². The second-order valence-electron chi connectivity index (χ2n) is 8.60. The van der Waals surface area contributed by atoms with Gasteiger partial charge in [-0.2, -0.15) is 0 Å². The van der Waals surface area contributed by atoms with Gasteiger partial charge in [0.15, 0.2) is 0 Å². The minimum absolute atomic E-state index is 0.0719. The standard InChI is InChI=1S/C22H27N5O3/c1-14-24-25-20(30-14)12-23-21(28)16-9-10-18-19(11-16)26(13-15-7-8-15)22(29)27(18)17-5-3-2-4-6-17/h9-11,15,17H,2-8,12-13H2,1H3,(H,23,28). The molecule has 2 aromatic heterocycles. The first kappa shape index (κ1) is 19.1. The largest absolute Gasteiger partial charge is 0.424 e. The highest BCUT2D eigenvalue weighted by Gasteiger charge is 2.27. The van der Waals surface area contributed by atoms with E-state index in [1.165, 1.54) is 32.1 Å². The van der Waals surface area contributed by atoms with Gasteiger partial charge in [0.2, 0.25) is 11.8 Å². The second kappa shape index (κ2) is 7.74. The molecule has 0 spiro atoms. The third-order valence-corrected chi connectivity index (χ3v) is 6.27. The zero-order chi connectivity index (χ0) is 20.7. The van der Waals surface area contributed by atoms with Crippen LogP contribution in [0.15, 0.2) is 27.4 Å². The number of hydrogen-bond acceptors (Lipinski definition) is 5. The topological polar surface area (TPSA) is 95.0 Å². The summed E-state index contributed by atoms with van der Waals surface area (Å²) in [7, 11) is 0. The van der Waals surface area contributed by atoms with Crippen LogP contribution >= 0.6 is 0 Å². The molecule has 1 amide bonds. The summed E-state index contributed by atoms with van der Waals surface area (Å²) in [4.78, 5) is 26.1. The number of imidazole rings is 1. The number of benzene rings is 1. The Morgan fingerprint density at radius 3 is 2.63 bits per heavy atom. The number of nitrogens with zero attached hydrogens (tertiary/aromatic N) is 4. The van der Waals surface area contributed by atoms with Crippen LogP contribution < -0.4 is 11.0 Å². The molecule has 0 saturated heterocycles. The fraction of sp³-hybridized carbons (Fsp3) is 0.545. The highest BCUT2D eigenvalue weighted by atomic mass is 16.4. The van der Waals surface area contributed by atoms with Gasteiger partial charge in [-0.3, -0.25) is 13.9 Å². The van der Waals surface area contributed by atoms with Crippen molar-refractivity contribution in [2.75, 3.05) is 0 Å². The van der Waals surface area contributed by atoms with Crippen molar-refractivity contribution >= 4 is 16.9 Å². The summed E-state index contributed by atoms with van der Waals surface area (Å²) in [5.74, 6) is 1.19. The Hall–Kier alpha value is -2.90. The summed E-state index contributed by atoms with van der Waals surface area (Å²) in [5, 5.41) is 10.5.